The first-order valence-corrected chi connectivity index (χ1v) is 8.42. The van der Waals surface area contributed by atoms with E-state index in [1.807, 2.05) is 0 Å². The molecule has 0 atom stereocenters. The topological polar surface area (TPSA) is 6.25 Å². The molecule has 2 nitrogen and oxygen atoms in total. The number of rotatable bonds is 3. The van der Waals surface area contributed by atoms with Gasteiger partial charge in [0.25, 0.3) is 0 Å². The van der Waals surface area contributed by atoms with Crippen molar-refractivity contribution in [2.75, 3.05) is 33.1 Å². The van der Waals surface area contributed by atoms with E-state index in [4.69, 9.17) is 0 Å². The first-order valence-electron chi connectivity index (χ1n) is 4.92. The molecule has 82 valence electrons. The maximum atomic E-state index is 2.32. The maximum absolute atomic E-state index is 2.32. The van der Waals surface area contributed by atoms with Gasteiger partial charge in [0.2, 0.25) is 0 Å². The van der Waals surface area contributed by atoms with Gasteiger partial charge in [-0.3, -0.25) is 0 Å². The van der Waals surface area contributed by atoms with E-state index in [0.29, 0.717) is 0 Å². The van der Waals surface area contributed by atoms with Crippen LogP contribution in [0.4, 0.5) is 5.69 Å². The first kappa shape index (κ1) is 12.5. The van der Waals surface area contributed by atoms with Crippen LogP contribution in [0.2, 0.25) is 4.97 Å². The molecule has 0 aliphatic carbocycles. The molecule has 0 spiro atoms. The van der Waals surface area contributed by atoms with Gasteiger partial charge in [-0.15, -0.1) is 0 Å². The van der Waals surface area contributed by atoms with Crippen LogP contribution in [-0.4, -0.2) is 57.4 Å². The van der Waals surface area contributed by atoms with Crippen LogP contribution in [0.1, 0.15) is 5.56 Å². The molecule has 15 heavy (non-hydrogen) atoms. The average molecular weight is 319 g/mol. The summed E-state index contributed by atoms with van der Waals surface area (Å²) in [5, 5.41) is 0. The first-order chi connectivity index (χ1) is 7.06. The van der Waals surface area contributed by atoms with Gasteiger partial charge in [-0.05, 0) is 0 Å². The molecule has 0 saturated carbocycles. The second-order valence-electron chi connectivity index (χ2n) is 3.85. The van der Waals surface area contributed by atoms with E-state index in [0.717, 1.165) is 0 Å². The molecule has 3 heteroatoms. The van der Waals surface area contributed by atoms with Gasteiger partial charge in [-0.25, -0.2) is 0 Å². The van der Waals surface area contributed by atoms with Gasteiger partial charge < -0.3 is 0 Å². The summed E-state index contributed by atoms with van der Waals surface area (Å²) in [6, 6.07) is 8.81. The molecule has 0 fully saturated rings. The fourth-order valence-electron chi connectivity index (χ4n) is 1.46. The second-order valence-corrected chi connectivity index (χ2v) is 6.11. The molecular weight excluding hydrogens is 300 g/mol. The minimum atomic E-state index is -0.0447. The van der Waals surface area contributed by atoms with Gasteiger partial charge in [0.05, 0.1) is 0 Å². The van der Waals surface area contributed by atoms with E-state index < -0.39 is 0 Å². The monoisotopic (exact) mass is 321 g/mol. The van der Waals surface area contributed by atoms with E-state index in [2.05, 4.69) is 66.9 Å². The molecule has 0 N–H and O–H groups in total. The van der Waals surface area contributed by atoms with Gasteiger partial charge >= 0.3 is 103 Å². The van der Waals surface area contributed by atoms with Crippen LogP contribution >= 0.6 is 0 Å². The predicted octanol–water partition coefficient (Wildman–Crippen LogP) is 1.52. The van der Waals surface area contributed by atoms with Crippen LogP contribution in [-0.2, 0) is 0 Å². The minimum absolute atomic E-state index is 0.0447. The zero-order chi connectivity index (χ0) is 11.4. The van der Waals surface area contributed by atoms with Crippen molar-refractivity contribution in [1.82, 2.24) is 0 Å². The molecule has 0 aliphatic rings. The number of hydrogen-bond acceptors (Lipinski definition) is 1. The summed E-state index contributed by atoms with van der Waals surface area (Å²) in [5.74, 6) is 0. The Morgan fingerprint density at radius 1 is 1.13 bits per heavy atom. The third kappa shape index (κ3) is 3.22. The van der Waals surface area contributed by atoms with Crippen molar-refractivity contribution in [3.8, 4) is 0 Å². The van der Waals surface area contributed by atoms with E-state index >= 15 is 0 Å². The van der Waals surface area contributed by atoms with Gasteiger partial charge in [0.15, 0.2) is 0 Å². The summed E-state index contributed by atoms with van der Waals surface area (Å²) >= 11 is -0.0447. The molecular formula is C12H19N2Te+. The summed E-state index contributed by atoms with van der Waals surface area (Å²) < 4.78 is 3.75. The van der Waals surface area contributed by atoms with Gasteiger partial charge in [0.1, 0.15) is 0 Å². The molecule has 0 heterocycles. The zero-order valence-corrected chi connectivity index (χ0v) is 12.4. The SMILES string of the molecule is C[Te]C(c1ccc(N(C)C)cc1)=[N+](C)C. The van der Waals surface area contributed by atoms with E-state index in [9.17, 15) is 0 Å². The van der Waals surface area contributed by atoms with Crippen LogP contribution in [0, 0.1) is 0 Å². The van der Waals surface area contributed by atoms with Crippen LogP contribution < -0.4 is 4.90 Å². The van der Waals surface area contributed by atoms with Crippen molar-refractivity contribution in [1.29, 1.82) is 0 Å². The van der Waals surface area contributed by atoms with Crippen LogP contribution in [0.15, 0.2) is 24.3 Å². The quantitative estimate of drug-likeness (QED) is 0.465. The third-order valence-electron chi connectivity index (χ3n) is 2.23. The number of nitrogens with zero attached hydrogens (tertiary/aromatic N) is 2. The Balaban J connectivity index is 3.03. The zero-order valence-electron chi connectivity index (χ0n) is 10.1. The van der Waals surface area contributed by atoms with E-state index in [1.54, 1.807) is 0 Å². The third-order valence-corrected chi connectivity index (χ3v) is 5.05. The summed E-state index contributed by atoms with van der Waals surface area (Å²) in [6.07, 6.45) is 0. The number of anilines is 1. The Morgan fingerprint density at radius 3 is 2.00 bits per heavy atom. The summed E-state index contributed by atoms with van der Waals surface area (Å²) in [5.41, 5.74) is 2.63. The van der Waals surface area contributed by atoms with Crippen molar-refractivity contribution in [2.24, 2.45) is 0 Å². The standard InChI is InChI=1S/C12H19N2Te/c1-13(2)11-8-6-10(7-9-11)12(15-5)14(3)4/h6-9H,1-5H3/q+1. The van der Waals surface area contributed by atoms with Crippen LogP contribution in [0.3, 0.4) is 0 Å². The summed E-state index contributed by atoms with van der Waals surface area (Å²) in [4.78, 5) is 4.45. The Morgan fingerprint density at radius 2 is 1.67 bits per heavy atom. The number of benzene rings is 1. The van der Waals surface area contributed by atoms with Gasteiger partial charge in [-0.1, -0.05) is 0 Å². The molecule has 1 aromatic carbocycles. The van der Waals surface area contributed by atoms with Crippen molar-refractivity contribution in [3.63, 3.8) is 0 Å². The normalized spacial score (nSPS) is 9.93. The van der Waals surface area contributed by atoms with Crippen molar-refractivity contribution < 1.29 is 4.58 Å². The fourth-order valence-corrected chi connectivity index (χ4v) is 3.56. The molecule has 0 amide bonds. The molecule has 0 aromatic heterocycles. The Bertz CT molecular complexity index is 348. The molecule has 0 radical (unpaired) electrons. The summed E-state index contributed by atoms with van der Waals surface area (Å²) in [7, 11) is 8.39. The van der Waals surface area contributed by atoms with Gasteiger partial charge in [0, 0.05) is 0 Å². The molecule has 1 aromatic rings. The predicted molar refractivity (Wildman–Crippen MR) is 68.6 cm³/mol. The second kappa shape index (κ2) is 5.53. The Kier molecular flexibility index (Phi) is 4.63. The van der Waals surface area contributed by atoms with Crippen LogP contribution in [0.25, 0.3) is 0 Å². The Hall–Kier alpha value is -0.520. The molecule has 1 rings (SSSR count). The molecule has 0 unspecified atom stereocenters. The average Bonchev–Trinajstić information content (AvgIpc) is 2.19. The molecule has 0 saturated heterocycles. The van der Waals surface area contributed by atoms with Crippen molar-refractivity contribution in [2.45, 2.75) is 4.97 Å². The van der Waals surface area contributed by atoms with Crippen LogP contribution in [0.5, 0.6) is 0 Å². The fraction of sp³-hybridized carbons (Fsp3) is 0.417. The molecule has 0 aliphatic heterocycles. The van der Waals surface area contributed by atoms with E-state index in [1.165, 1.54) is 15.0 Å². The van der Waals surface area contributed by atoms with E-state index in [-0.39, 0.29) is 20.9 Å². The van der Waals surface area contributed by atoms with Crippen molar-refractivity contribution >= 4 is 30.4 Å². The summed E-state index contributed by atoms with van der Waals surface area (Å²) in [6.45, 7) is 0. The Labute approximate surface area is 103 Å². The van der Waals surface area contributed by atoms with Crippen molar-refractivity contribution in [3.05, 3.63) is 29.8 Å². The molecule has 0 bridgehead atoms. The van der Waals surface area contributed by atoms with Gasteiger partial charge in [-0.2, -0.15) is 0 Å². The number of hydrogen-bond donors (Lipinski definition) is 0.